The number of rotatable bonds is 1. The van der Waals surface area contributed by atoms with E-state index in [1.807, 2.05) is 0 Å². The van der Waals surface area contributed by atoms with Crippen LogP contribution < -0.4 is 11.1 Å². The molecular weight excluding hydrogens is 171 g/mol. The zero-order valence-electron chi connectivity index (χ0n) is 6.01. The van der Waals surface area contributed by atoms with Crippen LogP contribution in [0, 0.1) is 5.92 Å². The monoisotopic (exact) mass is 186 g/mol. The molecule has 2 nitrogen and oxygen atoms in total. The molecule has 0 amide bonds. The first-order valence-corrected chi connectivity index (χ1v) is 3.34. The van der Waals surface area contributed by atoms with Crippen LogP contribution in [-0.4, -0.2) is 19.6 Å². The number of hydrogen-bond donors (Lipinski definition) is 2. The van der Waals surface area contributed by atoms with E-state index in [-0.39, 0.29) is 24.8 Å². The minimum atomic E-state index is 0. The van der Waals surface area contributed by atoms with E-state index in [9.17, 15) is 0 Å². The molecule has 0 aliphatic carbocycles. The second-order valence-electron chi connectivity index (χ2n) is 2.45. The fraction of sp³-hybridized carbons (Fsp3) is 1.00. The van der Waals surface area contributed by atoms with Gasteiger partial charge in [0.25, 0.3) is 0 Å². The molecule has 1 atom stereocenters. The van der Waals surface area contributed by atoms with Crippen LogP contribution in [-0.2, 0) is 0 Å². The first kappa shape index (κ1) is 13.1. The van der Waals surface area contributed by atoms with Gasteiger partial charge in [-0.2, -0.15) is 0 Å². The van der Waals surface area contributed by atoms with Crippen molar-refractivity contribution in [2.75, 3.05) is 19.6 Å². The second-order valence-corrected chi connectivity index (χ2v) is 2.45. The summed E-state index contributed by atoms with van der Waals surface area (Å²) in [4.78, 5) is 0. The van der Waals surface area contributed by atoms with Crippen LogP contribution in [0.1, 0.15) is 12.8 Å². The Bertz CT molecular complexity index is 64.8. The van der Waals surface area contributed by atoms with Crippen LogP contribution in [0.3, 0.4) is 0 Å². The SMILES string of the molecule is Cl.Cl.NC[C@H]1CCCNC1. The van der Waals surface area contributed by atoms with Crippen molar-refractivity contribution in [2.45, 2.75) is 12.8 Å². The van der Waals surface area contributed by atoms with Crippen LogP contribution in [0.5, 0.6) is 0 Å². The lowest BCUT2D eigenvalue weighted by atomic mass is 10.0. The summed E-state index contributed by atoms with van der Waals surface area (Å²) in [5.41, 5.74) is 5.46. The van der Waals surface area contributed by atoms with Crippen LogP contribution in [0.15, 0.2) is 0 Å². The minimum absolute atomic E-state index is 0. The summed E-state index contributed by atoms with van der Waals surface area (Å²) in [5, 5.41) is 3.31. The number of piperidine rings is 1. The van der Waals surface area contributed by atoms with E-state index in [2.05, 4.69) is 5.32 Å². The molecule has 10 heavy (non-hydrogen) atoms. The van der Waals surface area contributed by atoms with E-state index < -0.39 is 0 Å². The largest absolute Gasteiger partial charge is 0.330 e. The van der Waals surface area contributed by atoms with Gasteiger partial charge in [0, 0.05) is 0 Å². The standard InChI is InChI=1S/C6H14N2.2ClH/c7-4-6-2-1-3-8-5-6;;/h6,8H,1-5,7H2;2*1H/t6-;;/m1../s1. The Balaban J connectivity index is 0. The number of nitrogens with two attached hydrogens (primary N) is 1. The highest BCUT2D eigenvalue weighted by Gasteiger charge is 2.09. The third-order valence-corrected chi connectivity index (χ3v) is 1.73. The molecule has 1 aliphatic rings. The quantitative estimate of drug-likeness (QED) is 0.636. The van der Waals surface area contributed by atoms with Gasteiger partial charge >= 0.3 is 0 Å². The fourth-order valence-electron chi connectivity index (χ4n) is 1.13. The Morgan fingerprint density at radius 2 is 2.10 bits per heavy atom. The first-order chi connectivity index (χ1) is 3.93. The van der Waals surface area contributed by atoms with Gasteiger partial charge in [-0.15, -0.1) is 24.8 Å². The number of halogens is 2. The van der Waals surface area contributed by atoms with E-state index in [1.54, 1.807) is 0 Å². The lowest BCUT2D eigenvalue weighted by molar-refractivity contribution is 0.385. The predicted molar refractivity (Wildman–Crippen MR) is 49.1 cm³/mol. The van der Waals surface area contributed by atoms with E-state index in [4.69, 9.17) is 5.73 Å². The van der Waals surface area contributed by atoms with Gasteiger partial charge in [0.1, 0.15) is 0 Å². The Morgan fingerprint density at radius 1 is 1.40 bits per heavy atom. The molecule has 1 heterocycles. The molecule has 4 heteroatoms. The van der Waals surface area contributed by atoms with Crippen LogP contribution in [0.25, 0.3) is 0 Å². The summed E-state index contributed by atoms with van der Waals surface area (Å²) in [6.45, 7) is 3.18. The molecule has 0 aromatic rings. The van der Waals surface area contributed by atoms with Gasteiger partial charge in [0.2, 0.25) is 0 Å². The maximum absolute atomic E-state index is 5.46. The molecule has 0 saturated carbocycles. The van der Waals surface area contributed by atoms with Crippen LogP contribution in [0.2, 0.25) is 0 Å². The normalized spacial score (nSPS) is 24.3. The third kappa shape index (κ3) is 4.34. The van der Waals surface area contributed by atoms with Crippen molar-refractivity contribution in [3.63, 3.8) is 0 Å². The molecule has 0 bridgehead atoms. The fourth-order valence-corrected chi connectivity index (χ4v) is 1.13. The van der Waals surface area contributed by atoms with Crippen molar-refractivity contribution in [2.24, 2.45) is 11.7 Å². The smallest absolute Gasteiger partial charge is 0.000845 e. The Hall–Kier alpha value is 0.500. The van der Waals surface area contributed by atoms with Crippen LogP contribution >= 0.6 is 24.8 Å². The Labute approximate surface area is 74.8 Å². The Kier molecular flexibility index (Phi) is 9.97. The van der Waals surface area contributed by atoms with Gasteiger partial charge in [0.15, 0.2) is 0 Å². The van der Waals surface area contributed by atoms with E-state index >= 15 is 0 Å². The van der Waals surface area contributed by atoms with Crippen molar-refractivity contribution >= 4 is 24.8 Å². The van der Waals surface area contributed by atoms with Gasteiger partial charge in [-0.05, 0) is 38.4 Å². The molecule has 0 spiro atoms. The van der Waals surface area contributed by atoms with Gasteiger partial charge in [-0.3, -0.25) is 0 Å². The molecule has 1 rings (SSSR count). The molecule has 1 fully saturated rings. The minimum Gasteiger partial charge on any atom is -0.330 e. The molecule has 64 valence electrons. The second kappa shape index (κ2) is 7.61. The highest BCUT2D eigenvalue weighted by Crippen LogP contribution is 2.06. The summed E-state index contributed by atoms with van der Waals surface area (Å²) in [6.07, 6.45) is 2.63. The van der Waals surface area contributed by atoms with Gasteiger partial charge in [0.05, 0.1) is 0 Å². The zero-order valence-corrected chi connectivity index (χ0v) is 7.64. The molecule has 1 aliphatic heterocycles. The van der Waals surface area contributed by atoms with E-state index in [0.717, 1.165) is 19.0 Å². The molecule has 0 unspecified atom stereocenters. The van der Waals surface area contributed by atoms with Gasteiger partial charge in [-0.1, -0.05) is 0 Å². The van der Waals surface area contributed by atoms with E-state index in [0.29, 0.717) is 0 Å². The van der Waals surface area contributed by atoms with Crippen molar-refractivity contribution in [1.29, 1.82) is 0 Å². The topological polar surface area (TPSA) is 38.0 Å². The van der Waals surface area contributed by atoms with Crippen molar-refractivity contribution in [1.82, 2.24) is 5.32 Å². The third-order valence-electron chi connectivity index (χ3n) is 1.73. The summed E-state index contributed by atoms with van der Waals surface area (Å²) in [7, 11) is 0. The number of nitrogens with one attached hydrogen (secondary N) is 1. The molecule has 0 radical (unpaired) electrons. The summed E-state index contributed by atoms with van der Waals surface area (Å²) >= 11 is 0. The molecular formula is C6H16Cl2N2. The molecule has 3 N–H and O–H groups in total. The molecule has 0 aromatic carbocycles. The average molecular weight is 187 g/mol. The molecule has 0 aromatic heterocycles. The lowest BCUT2D eigenvalue weighted by Gasteiger charge is -2.20. The number of hydrogen-bond acceptors (Lipinski definition) is 2. The van der Waals surface area contributed by atoms with Crippen LogP contribution in [0.4, 0.5) is 0 Å². The highest BCUT2D eigenvalue weighted by molar-refractivity contribution is 5.85. The maximum atomic E-state index is 5.46. The molecule has 1 saturated heterocycles. The summed E-state index contributed by atoms with van der Waals surface area (Å²) < 4.78 is 0. The maximum Gasteiger partial charge on any atom is -0.000845 e. The zero-order chi connectivity index (χ0) is 5.82. The average Bonchev–Trinajstić information content (AvgIpc) is 1.90. The summed E-state index contributed by atoms with van der Waals surface area (Å²) in [5.74, 6) is 0.753. The lowest BCUT2D eigenvalue weighted by Crippen LogP contribution is -2.33. The van der Waals surface area contributed by atoms with Gasteiger partial charge < -0.3 is 11.1 Å². The predicted octanol–water partition coefficient (Wildman–Crippen LogP) is 0.788. The van der Waals surface area contributed by atoms with Gasteiger partial charge in [-0.25, -0.2) is 0 Å². The Morgan fingerprint density at radius 3 is 2.40 bits per heavy atom. The first-order valence-electron chi connectivity index (χ1n) is 3.34. The summed E-state index contributed by atoms with van der Waals surface area (Å²) in [6, 6.07) is 0. The van der Waals surface area contributed by atoms with E-state index in [1.165, 1.54) is 19.4 Å². The van der Waals surface area contributed by atoms with Crippen molar-refractivity contribution in [3.8, 4) is 0 Å². The highest BCUT2D eigenvalue weighted by atomic mass is 35.5. The van der Waals surface area contributed by atoms with Crippen molar-refractivity contribution < 1.29 is 0 Å². The van der Waals surface area contributed by atoms with Crippen molar-refractivity contribution in [3.05, 3.63) is 0 Å².